The minimum atomic E-state index is 0.0158. The van der Waals surface area contributed by atoms with Crippen LogP contribution in [0.2, 0.25) is 0 Å². The van der Waals surface area contributed by atoms with Gasteiger partial charge in [-0.2, -0.15) is 0 Å². The van der Waals surface area contributed by atoms with Crippen LogP contribution in [0.4, 0.5) is 0 Å². The van der Waals surface area contributed by atoms with Crippen molar-refractivity contribution in [1.82, 2.24) is 0 Å². The van der Waals surface area contributed by atoms with Crippen LogP contribution >= 0.6 is 0 Å². The van der Waals surface area contributed by atoms with Crippen LogP contribution in [0.5, 0.6) is 11.5 Å². The molecule has 100 valence electrons. The van der Waals surface area contributed by atoms with Gasteiger partial charge in [-0.25, -0.2) is 0 Å². The van der Waals surface area contributed by atoms with Gasteiger partial charge in [0.1, 0.15) is 11.5 Å². The molecule has 0 aromatic heterocycles. The molecule has 2 heteroatoms. The number of nitrogens with two attached hydrogens (primary N) is 1. The lowest BCUT2D eigenvalue weighted by atomic mass is 10.0. The zero-order valence-electron chi connectivity index (χ0n) is 11.8. The second-order valence-corrected chi connectivity index (χ2v) is 4.98. The number of ether oxygens (including phenoxy) is 1. The van der Waals surface area contributed by atoms with Gasteiger partial charge >= 0.3 is 0 Å². The monoisotopic (exact) mass is 255 g/mol. The molecular formula is C17H21NO. The number of para-hydroxylation sites is 1. The lowest BCUT2D eigenvalue weighted by Crippen LogP contribution is -2.09. The van der Waals surface area contributed by atoms with Gasteiger partial charge in [0, 0.05) is 11.6 Å². The van der Waals surface area contributed by atoms with Crippen LogP contribution in [0.15, 0.2) is 42.5 Å². The van der Waals surface area contributed by atoms with E-state index in [1.165, 1.54) is 11.1 Å². The van der Waals surface area contributed by atoms with Gasteiger partial charge < -0.3 is 10.5 Å². The molecule has 0 aliphatic rings. The number of hydrogen-bond acceptors (Lipinski definition) is 2. The van der Waals surface area contributed by atoms with E-state index < -0.39 is 0 Å². The molecule has 0 aliphatic heterocycles. The van der Waals surface area contributed by atoms with Gasteiger partial charge in [0.05, 0.1) is 0 Å². The molecule has 1 unspecified atom stereocenters. The molecule has 0 heterocycles. The maximum absolute atomic E-state index is 6.13. The summed E-state index contributed by atoms with van der Waals surface area (Å²) in [5.41, 5.74) is 9.59. The van der Waals surface area contributed by atoms with Crippen molar-refractivity contribution in [2.75, 3.05) is 0 Å². The van der Waals surface area contributed by atoms with Crippen molar-refractivity contribution in [3.63, 3.8) is 0 Å². The number of aryl methyl sites for hydroxylation is 2. The second-order valence-electron chi connectivity index (χ2n) is 4.98. The van der Waals surface area contributed by atoms with E-state index >= 15 is 0 Å². The molecule has 0 aliphatic carbocycles. The van der Waals surface area contributed by atoms with Crippen LogP contribution in [0.1, 0.15) is 36.1 Å². The fourth-order valence-corrected chi connectivity index (χ4v) is 2.22. The maximum Gasteiger partial charge on any atom is 0.132 e. The quantitative estimate of drug-likeness (QED) is 0.872. The molecule has 2 rings (SSSR count). The molecular weight excluding hydrogens is 234 g/mol. The highest BCUT2D eigenvalue weighted by Crippen LogP contribution is 2.30. The molecule has 0 spiro atoms. The second kappa shape index (κ2) is 5.89. The number of rotatable bonds is 4. The Morgan fingerprint density at radius 1 is 1.05 bits per heavy atom. The van der Waals surface area contributed by atoms with Crippen molar-refractivity contribution in [2.45, 2.75) is 33.2 Å². The minimum Gasteiger partial charge on any atom is -0.457 e. The predicted molar refractivity (Wildman–Crippen MR) is 79.7 cm³/mol. The van der Waals surface area contributed by atoms with Gasteiger partial charge in [0.2, 0.25) is 0 Å². The third-order valence-electron chi connectivity index (χ3n) is 3.18. The Morgan fingerprint density at radius 3 is 2.32 bits per heavy atom. The van der Waals surface area contributed by atoms with Gasteiger partial charge in [-0.3, -0.25) is 0 Å². The zero-order chi connectivity index (χ0) is 13.8. The lowest BCUT2D eigenvalue weighted by molar-refractivity contribution is 0.468. The smallest absolute Gasteiger partial charge is 0.132 e. The molecule has 0 saturated heterocycles. The third kappa shape index (κ3) is 3.36. The molecule has 1 atom stereocenters. The van der Waals surface area contributed by atoms with Crippen molar-refractivity contribution in [3.8, 4) is 11.5 Å². The van der Waals surface area contributed by atoms with Crippen LogP contribution in [0.3, 0.4) is 0 Å². The summed E-state index contributed by atoms with van der Waals surface area (Å²) in [5, 5.41) is 0. The first kappa shape index (κ1) is 13.6. The average molecular weight is 255 g/mol. The molecule has 2 N–H and O–H groups in total. The van der Waals surface area contributed by atoms with E-state index in [-0.39, 0.29) is 6.04 Å². The predicted octanol–water partition coefficient (Wildman–Crippen LogP) is 4.51. The highest BCUT2D eigenvalue weighted by molar-refractivity contribution is 5.41. The van der Waals surface area contributed by atoms with E-state index in [1.54, 1.807) is 0 Å². The van der Waals surface area contributed by atoms with E-state index in [0.717, 1.165) is 23.5 Å². The number of hydrogen-bond donors (Lipinski definition) is 1. The lowest BCUT2D eigenvalue weighted by Gasteiger charge is -2.16. The first-order valence-corrected chi connectivity index (χ1v) is 6.71. The van der Waals surface area contributed by atoms with Gasteiger partial charge in [-0.05, 0) is 49.6 Å². The average Bonchev–Trinajstić information content (AvgIpc) is 2.37. The highest BCUT2D eigenvalue weighted by Gasteiger charge is 2.10. The van der Waals surface area contributed by atoms with Gasteiger partial charge in [-0.1, -0.05) is 31.2 Å². The third-order valence-corrected chi connectivity index (χ3v) is 3.18. The van der Waals surface area contributed by atoms with Gasteiger partial charge in [-0.15, -0.1) is 0 Å². The van der Waals surface area contributed by atoms with Crippen molar-refractivity contribution < 1.29 is 4.74 Å². The SMILES string of the molecule is CCC(N)c1ccccc1Oc1cc(C)cc(C)c1. The fourth-order valence-electron chi connectivity index (χ4n) is 2.22. The Balaban J connectivity index is 2.32. The maximum atomic E-state index is 6.13. The molecule has 0 bridgehead atoms. The summed E-state index contributed by atoms with van der Waals surface area (Å²) < 4.78 is 6.01. The summed E-state index contributed by atoms with van der Waals surface area (Å²) in [6.07, 6.45) is 0.896. The van der Waals surface area contributed by atoms with Gasteiger partial charge in [0.25, 0.3) is 0 Å². The van der Waals surface area contributed by atoms with Crippen LogP contribution in [0.25, 0.3) is 0 Å². The zero-order valence-corrected chi connectivity index (χ0v) is 11.8. The summed E-state index contributed by atoms with van der Waals surface area (Å²) in [5.74, 6) is 1.72. The number of benzene rings is 2. The fraction of sp³-hybridized carbons (Fsp3) is 0.294. The van der Waals surface area contributed by atoms with Crippen LogP contribution in [0, 0.1) is 13.8 Å². The van der Waals surface area contributed by atoms with Crippen LogP contribution < -0.4 is 10.5 Å². The topological polar surface area (TPSA) is 35.2 Å². The summed E-state index contributed by atoms with van der Waals surface area (Å²) >= 11 is 0. The Labute approximate surface area is 115 Å². The Kier molecular flexibility index (Phi) is 4.23. The summed E-state index contributed by atoms with van der Waals surface area (Å²) in [6.45, 7) is 6.23. The first-order chi connectivity index (χ1) is 9.10. The van der Waals surface area contributed by atoms with E-state index in [4.69, 9.17) is 10.5 Å². The van der Waals surface area contributed by atoms with Crippen molar-refractivity contribution in [3.05, 3.63) is 59.2 Å². The van der Waals surface area contributed by atoms with Crippen molar-refractivity contribution >= 4 is 0 Å². The summed E-state index contributed by atoms with van der Waals surface area (Å²) in [4.78, 5) is 0. The van der Waals surface area contributed by atoms with E-state index in [0.29, 0.717) is 0 Å². The Morgan fingerprint density at radius 2 is 1.68 bits per heavy atom. The molecule has 2 aromatic rings. The molecule has 0 fully saturated rings. The molecule has 0 amide bonds. The molecule has 0 saturated carbocycles. The highest BCUT2D eigenvalue weighted by atomic mass is 16.5. The van der Waals surface area contributed by atoms with E-state index in [1.807, 2.05) is 36.4 Å². The van der Waals surface area contributed by atoms with Crippen molar-refractivity contribution in [1.29, 1.82) is 0 Å². The van der Waals surface area contributed by atoms with Crippen LogP contribution in [-0.4, -0.2) is 0 Å². The normalized spacial score (nSPS) is 12.2. The minimum absolute atomic E-state index is 0.0158. The van der Waals surface area contributed by atoms with Crippen LogP contribution in [-0.2, 0) is 0 Å². The molecule has 2 aromatic carbocycles. The first-order valence-electron chi connectivity index (χ1n) is 6.71. The largest absolute Gasteiger partial charge is 0.457 e. The summed E-state index contributed by atoms with van der Waals surface area (Å²) in [6, 6.07) is 14.2. The van der Waals surface area contributed by atoms with Gasteiger partial charge in [0.15, 0.2) is 0 Å². The van der Waals surface area contributed by atoms with E-state index in [9.17, 15) is 0 Å². The standard InChI is InChI=1S/C17H21NO/c1-4-16(18)15-7-5-6-8-17(15)19-14-10-12(2)9-13(3)11-14/h5-11,16H,4,18H2,1-3H3. The van der Waals surface area contributed by atoms with Crippen molar-refractivity contribution in [2.24, 2.45) is 5.73 Å². The molecule has 2 nitrogen and oxygen atoms in total. The summed E-state index contributed by atoms with van der Waals surface area (Å²) in [7, 11) is 0. The Bertz CT molecular complexity index is 543. The molecule has 0 radical (unpaired) electrons. The van der Waals surface area contributed by atoms with E-state index in [2.05, 4.69) is 26.8 Å². The molecule has 19 heavy (non-hydrogen) atoms. The Hall–Kier alpha value is -1.80.